The molecule has 0 fully saturated rings. The Morgan fingerprint density at radius 3 is 1.58 bits per heavy atom. The molecule has 31 heavy (non-hydrogen) atoms. The second-order valence-electron chi connectivity index (χ2n) is 9.03. The first-order valence-electron chi connectivity index (χ1n) is 13.0. The molecule has 0 aliphatic carbocycles. The van der Waals surface area contributed by atoms with Crippen LogP contribution in [0.25, 0.3) is 0 Å². The van der Waals surface area contributed by atoms with Crippen molar-refractivity contribution in [3.8, 4) is 0 Å². The van der Waals surface area contributed by atoms with Crippen molar-refractivity contribution >= 4 is 0 Å². The number of unbranched alkanes of at least 4 members (excludes halogenated alkanes) is 11. The molecule has 0 heterocycles. The van der Waals surface area contributed by atoms with E-state index >= 15 is 0 Å². The fourth-order valence-corrected chi connectivity index (χ4v) is 3.75. The Labute approximate surface area is 192 Å². The minimum atomic E-state index is -1.15. The van der Waals surface area contributed by atoms with E-state index in [4.69, 9.17) is 25.4 Å². The molecule has 2 unspecified atom stereocenters. The molecule has 0 bridgehead atoms. The van der Waals surface area contributed by atoms with E-state index in [0.29, 0.717) is 19.3 Å². The summed E-state index contributed by atoms with van der Waals surface area (Å²) < 4.78 is 11.8. The maximum absolute atomic E-state index is 9.12. The second kappa shape index (κ2) is 21.4. The lowest BCUT2D eigenvalue weighted by molar-refractivity contribution is -0.277. The van der Waals surface area contributed by atoms with E-state index in [9.17, 15) is 0 Å². The van der Waals surface area contributed by atoms with Gasteiger partial charge in [-0.3, -0.25) is 5.73 Å². The van der Waals surface area contributed by atoms with Crippen LogP contribution in [0.3, 0.4) is 0 Å². The minimum Gasteiger partial charge on any atom is -0.396 e. The number of aliphatic hydroxyl groups excluding tert-OH is 2. The predicted octanol–water partition coefficient (Wildman–Crippen LogP) is 6.21. The predicted molar refractivity (Wildman–Crippen MR) is 131 cm³/mol. The van der Waals surface area contributed by atoms with Gasteiger partial charge in [-0.05, 0) is 58.8 Å². The zero-order chi connectivity index (χ0) is 23.2. The average Bonchev–Trinajstić information content (AvgIpc) is 2.71. The highest BCUT2D eigenvalue weighted by Gasteiger charge is 2.30. The molecule has 5 nitrogen and oxygen atoms in total. The van der Waals surface area contributed by atoms with Gasteiger partial charge in [-0.2, -0.15) is 0 Å². The summed E-state index contributed by atoms with van der Waals surface area (Å²) in [6.45, 7) is 6.20. The molecule has 0 amide bonds. The van der Waals surface area contributed by atoms with Crippen molar-refractivity contribution in [2.45, 2.75) is 142 Å². The van der Waals surface area contributed by atoms with E-state index in [-0.39, 0.29) is 25.4 Å². The Morgan fingerprint density at radius 1 is 0.710 bits per heavy atom. The molecule has 0 aromatic carbocycles. The van der Waals surface area contributed by atoms with Crippen molar-refractivity contribution in [2.24, 2.45) is 5.73 Å². The fourth-order valence-electron chi connectivity index (χ4n) is 3.75. The highest BCUT2D eigenvalue weighted by atomic mass is 16.7. The molecule has 5 heteroatoms. The number of hydrogen-bond donors (Lipinski definition) is 3. The third-order valence-corrected chi connectivity index (χ3v) is 5.66. The van der Waals surface area contributed by atoms with Crippen LogP contribution in [0, 0.1) is 0 Å². The van der Waals surface area contributed by atoms with Gasteiger partial charge in [0.2, 0.25) is 5.91 Å². The summed E-state index contributed by atoms with van der Waals surface area (Å²) in [7, 11) is 0. The van der Waals surface area contributed by atoms with Gasteiger partial charge in [-0.1, -0.05) is 70.4 Å². The van der Waals surface area contributed by atoms with Crippen molar-refractivity contribution in [2.75, 3.05) is 13.2 Å². The first kappa shape index (κ1) is 30.5. The monoisotopic (exact) mass is 443 g/mol. The lowest BCUT2D eigenvalue weighted by atomic mass is 10.1. The van der Waals surface area contributed by atoms with Gasteiger partial charge in [0.25, 0.3) is 0 Å². The molecule has 0 aliphatic heterocycles. The molecular weight excluding hydrogens is 390 g/mol. The summed E-state index contributed by atoms with van der Waals surface area (Å²) in [5, 5.41) is 18.2. The van der Waals surface area contributed by atoms with Crippen LogP contribution in [0.1, 0.15) is 124 Å². The van der Waals surface area contributed by atoms with Crippen molar-refractivity contribution in [3.05, 3.63) is 12.2 Å². The second-order valence-corrected chi connectivity index (χ2v) is 9.03. The number of aliphatic hydroxyl groups is 2. The topological polar surface area (TPSA) is 84.9 Å². The summed E-state index contributed by atoms with van der Waals surface area (Å²) in [6.07, 6.45) is 22.4. The van der Waals surface area contributed by atoms with Crippen LogP contribution >= 0.6 is 0 Å². The van der Waals surface area contributed by atoms with Gasteiger partial charge >= 0.3 is 0 Å². The summed E-state index contributed by atoms with van der Waals surface area (Å²) in [6, 6.07) is 0. The molecule has 0 spiro atoms. The van der Waals surface area contributed by atoms with E-state index < -0.39 is 5.91 Å². The maximum Gasteiger partial charge on any atom is 0.225 e. The van der Waals surface area contributed by atoms with Gasteiger partial charge in [0.15, 0.2) is 0 Å². The number of allylic oxidation sites excluding steroid dienone is 2. The Bertz CT molecular complexity index is 389. The quantitative estimate of drug-likeness (QED) is 0.0992. The molecule has 0 saturated heterocycles. The van der Waals surface area contributed by atoms with Crippen LogP contribution in [-0.4, -0.2) is 41.5 Å². The van der Waals surface area contributed by atoms with Gasteiger partial charge in [0.1, 0.15) is 0 Å². The molecule has 0 aromatic heterocycles. The molecule has 0 aliphatic rings. The highest BCUT2D eigenvalue weighted by Crippen LogP contribution is 2.22. The molecule has 0 saturated carbocycles. The summed E-state index contributed by atoms with van der Waals surface area (Å²) >= 11 is 0. The van der Waals surface area contributed by atoms with Crippen LogP contribution in [0.2, 0.25) is 0 Å². The molecule has 2 atom stereocenters. The van der Waals surface area contributed by atoms with Gasteiger partial charge in [0.05, 0.1) is 12.2 Å². The van der Waals surface area contributed by atoms with Crippen LogP contribution < -0.4 is 5.73 Å². The van der Waals surface area contributed by atoms with Crippen molar-refractivity contribution in [1.82, 2.24) is 0 Å². The molecular formula is C26H53NO4. The maximum atomic E-state index is 9.12. The van der Waals surface area contributed by atoms with Crippen LogP contribution in [0.5, 0.6) is 0 Å². The minimum absolute atomic E-state index is 0.0663. The van der Waals surface area contributed by atoms with Gasteiger partial charge in [-0.25, -0.2) is 0 Å². The van der Waals surface area contributed by atoms with E-state index in [1.165, 1.54) is 70.6 Å². The zero-order valence-electron chi connectivity index (χ0n) is 20.8. The Balaban J connectivity index is 3.89. The Morgan fingerprint density at radius 2 is 1.13 bits per heavy atom. The first-order chi connectivity index (χ1) is 15.0. The average molecular weight is 444 g/mol. The molecule has 0 aromatic rings. The van der Waals surface area contributed by atoms with Gasteiger partial charge in [0, 0.05) is 19.6 Å². The molecule has 4 N–H and O–H groups in total. The largest absolute Gasteiger partial charge is 0.396 e. The summed E-state index contributed by atoms with van der Waals surface area (Å²) in [5.74, 6) is -1.15. The smallest absolute Gasteiger partial charge is 0.225 e. The van der Waals surface area contributed by atoms with Crippen molar-refractivity contribution < 1.29 is 19.7 Å². The molecule has 186 valence electrons. The lowest BCUT2D eigenvalue weighted by Gasteiger charge is -2.35. The number of ether oxygens (including phenoxy) is 2. The third-order valence-electron chi connectivity index (χ3n) is 5.66. The van der Waals surface area contributed by atoms with Crippen LogP contribution in [0.4, 0.5) is 0 Å². The highest BCUT2D eigenvalue weighted by molar-refractivity contribution is 4.81. The van der Waals surface area contributed by atoms with Crippen LogP contribution in [-0.2, 0) is 9.47 Å². The van der Waals surface area contributed by atoms with Crippen molar-refractivity contribution in [3.63, 3.8) is 0 Å². The molecule has 0 rings (SSSR count). The van der Waals surface area contributed by atoms with E-state index in [2.05, 4.69) is 19.1 Å². The number of rotatable bonds is 23. The van der Waals surface area contributed by atoms with Gasteiger partial charge < -0.3 is 19.7 Å². The van der Waals surface area contributed by atoms with E-state index in [0.717, 1.165) is 12.8 Å². The zero-order valence-corrected chi connectivity index (χ0v) is 20.8. The summed E-state index contributed by atoms with van der Waals surface area (Å²) in [5.41, 5.74) is 6.40. The third kappa shape index (κ3) is 19.9. The van der Waals surface area contributed by atoms with Crippen molar-refractivity contribution in [1.29, 1.82) is 0 Å². The van der Waals surface area contributed by atoms with E-state index in [1.807, 2.05) is 13.8 Å². The fraction of sp³-hybridized carbons (Fsp3) is 0.923. The SMILES string of the molecule is CCCCCCCC/C=C\CCCCCCCC(N)(OC(C)CCO)OC(C)CCO. The standard InChI is InChI=1S/C26H53NO4/c1-4-5-6-7-8-9-10-11-12-13-14-15-16-17-18-21-26(27,30-24(2)19-22-28)31-25(3)20-23-29/h11-12,24-25,28-29H,4-10,13-23,27H2,1-3H3/b12-11-. The lowest BCUT2D eigenvalue weighted by Crippen LogP contribution is -2.49. The van der Waals surface area contributed by atoms with E-state index in [1.54, 1.807) is 0 Å². The Hall–Kier alpha value is -0.460. The molecule has 0 radical (unpaired) electrons. The first-order valence-corrected chi connectivity index (χ1v) is 13.0. The Kier molecular flexibility index (Phi) is 21.1. The number of hydrogen-bond acceptors (Lipinski definition) is 5. The van der Waals surface area contributed by atoms with Crippen LogP contribution in [0.15, 0.2) is 12.2 Å². The normalized spacial score (nSPS) is 15.9. The number of nitrogens with two attached hydrogens (primary N) is 1. The summed E-state index contributed by atoms with van der Waals surface area (Å²) in [4.78, 5) is 0. The van der Waals surface area contributed by atoms with Gasteiger partial charge in [-0.15, -0.1) is 0 Å².